The molecule has 2 heterocycles. The first kappa shape index (κ1) is 23.0. The molecule has 0 bridgehead atoms. The summed E-state index contributed by atoms with van der Waals surface area (Å²) >= 11 is 14.5. The van der Waals surface area contributed by atoms with Gasteiger partial charge in [-0.1, -0.05) is 53.5 Å². The lowest BCUT2D eigenvalue weighted by Crippen LogP contribution is -2.25. The highest BCUT2D eigenvalue weighted by molar-refractivity contribution is 14.1. The van der Waals surface area contributed by atoms with E-state index in [2.05, 4.69) is 28.7 Å². The van der Waals surface area contributed by atoms with Crippen LogP contribution >= 0.6 is 45.8 Å². The topological polar surface area (TPSA) is 33.5 Å². The summed E-state index contributed by atoms with van der Waals surface area (Å²) in [4.78, 5) is 15.4. The van der Waals surface area contributed by atoms with Gasteiger partial charge >= 0.3 is 0 Å². The van der Waals surface area contributed by atoms with Crippen molar-refractivity contribution in [1.29, 1.82) is 0 Å². The van der Waals surface area contributed by atoms with E-state index in [9.17, 15) is 4.79 Å². The Kier molecular flexibility index (Phi) is 6.38. The van der Waals surface area contributed by atoms with Crippen LogP contribution < -0.4 is 4.90 Å². The van der Waals surface area contributed by atoms with Crippen molar-refractivity contribution in [3.05, 3.63) is 121 Å². The minimum Gasteiger partial charge on any atom is -0.457 e. The average molecular weight is 598 g/mol. The molecule has 0 N–H and O–H groups in total. The van der Waals surface area contributed by atoms with Crippen LogP contribution in [0.4, 0.5) is 5.69 Å². The number of benzene rings is 3. The lowest BCUT2D eigenvalue weighted by Gasteiger charge is -2.23. The van der Waals surface area contributed by atoms with Gasteiger partial charge in [0.1, 0.15) is 11.5 Å². The standard InChI is InChI=1S/C28H18Cl2INO2/c1-17-13-21(31)8-11-25(17)32-26(18-5-3-2-4-6-18)16-20(28(32)33)14-22-9-12-27(34-22)19-7-10-23(29)24(30)15-19/h2-16H,1H3/b20-14+. The van der Waals surface area contributed by atoms with Crippen molar-refractivity contribution < 1.29 is 9.21 Å². The quantitative estimate of drug-likeness (QED) is 0.174. The number of hydrogen-bond donors (Lipinski definition) is 0. The van der Waals surface area contributed by atoms with Crippen molar-refractivity contribution in [3.63, 3.8) is 0 Å². The summed E-state index contributed by atoms with van der Waals surface area (Å²) < 4.78 is 7.14. The highest BCUT2D eigenvalue weighted by Gasteiger charge is 2.31. The molecular formula is C28H18Cl2INO2. The summed E-state index contributed by atoms with van der Waals surface area (Å²) in [5, 5.41) is 0.945. The highest BCUT2D eigenvalue weighted by atomic mass is 127. The van der Waals surface area contributed by atoms with Crippen LogP contribution in [0.5, 0.6) is 0 Å². The van der Waals surface area contributed by atoms with E-state index in [1.54, 1.807) is 23.1 Å². The predicted octanol–water partition coefficient (Wildman–Crippen LogP) is 8.64. The van der Waals surface area contributed by atoms with Gasteiger partial charge in [-0.05, 0) is 101 Å². The second-order valence-electron chi connectivity index (χ2n) is 7.90. The SMILES string of the molecule is Cc1cc(I)ccc1N1C(=O)/C(=C/c2ccc(-c3ccc(Cl)c(Cl)c3)o2)C=C1c1ccccc1. The van der Waals surface area contributed by atoms with E-state index >= 15 is 0 Å². The number of rotatable bonds is 4. The normalized spacial score (nSPS) is 14.7. The van der Waals surface area contributed by atoms with Crippen LogP contribution in [0.2, 0.25) is 10.0 Å². The van der Waals surface area contributed by atoms with Crippen LogP contribution in [-0.2, 0) is 4.79 Å². The third-order valence-corrected chi connectivity index (χ3v) is 6.99. The van der Waals surface area contributed by atoms with Gasteiger partial charge < -0.3 is 4.42 Å². The molecule has 6 heteroatoms. The number of hydrogen-bond acceptors (Lipinski definition) is 2. The Bertz CT molecular complexity index is 1470. The van der Waals surface area contributed by atoms with Gasteiger partial charge in [-0.2, -0.15) is 0 Å². The number of nitrogens with zero attached hydrogens (tertiary/aromatic N) is 1. The van der Waals surface area contributed by atoms with Crippen molar-refractivity contribution >= 4 is 69.2 Å². The molecular weight excluding hydrogens is 580 g/mol. The molecule has 5 rings (SSSR count). The van der Waals surface area contributed by atoms with Crippen molar-refractivity contribution in [2.45, 2.75) is 6.92 Å². The summed E-state index contributed by atoms with van der Waals surface area (Å²) in [5.41, 5.74) is 5.05. The van der Waals surface area contributed by atoms with Gasteiger partial charge in [0, 0.05) is 14.7 Å². The molecule has 3 aromatic carbocycles. The number of amides is 1. The van der Waals surface area contributed by atoms with E-state index in [1.807, 2.05) is 73.7 Å². The molecule has 1 aliphatic heterocycles. The van der Waals surface area contributed by atoms with Crippen molar-refractivity contribution in [2.24, 2.45) is 0 Å². The fourth-order valence-electron chi connectivity index (χ4n) is 3.93. The third-order valence-electron chi connectivity index (χ3n) is 5.58. The van der Waals surface area contributed by atoms with Gasteiger partial charge in [0.2, 0.25) is 0 Å². The first-order valence-electron chi connectivity index (χ1n) is 10.6. The summed E-state index contributed by atoms with van der Waals surface area (Å²) in [5.74, 6) is 1.12. The predicted molar refractivity (Wildman–Crippen MR) is 148 cm³/mol. The van der Waals surface area contributed by atoms with Gasteiger partial charge in [-0.3, -0.25) is 9.69 Å². The molecule has 0 saturated carbocycles. The summed E-state index contributed by atoms with van der Waals surface area (Å²) in [6.45, 7) is 2.02. The maximum absolute atomic E-state index is 13.6. The number of anilines is 1. The zero-order valence-corrected chi connectivity index (χ0v) is 21.7. The molecule has 1 aromatic heterocycles. The molecule has 0 atom stereocenters. The molecule has 1 amide bonds. The molecule has 1 aliphatic rings. The van der Waals surface area contributed by atoms with E-state index in [4.69, 9.17) is 27.6 Å². The van der Waals surface area contributed by atoms with Gasteiger partial charge in [0.25, 0.3) is 5.91 Å². The molecule has 0 saturated heterocycles. The van der Waals surface area contributed by atoms with Crippen LogP contribution in [0.3, 0.4) is 0 Å². The van der Waals surface area contributed by atoms with Gasteiger partial charge in [-0.15, -0.1) is 0 Å². The molecule has 0 fully saturated rings. The second kappa shape index (κ2) is 9.45. The number of aryl methyl sites for hydroxylation is 1. The maximum atomic E-state index is 13.6. The fourth-order valence-corrected chi connectivity index (χ4v) is 4.88. The first-order chi connectivity index (χ1) is 16.4. The Morgan fingerprint density at radius 1 is 0.882 bits per heavy atom. The largest absolute Gasteiger partial charge is 0.457 e. The van der Waals surface area contributed by atoms with E-state index < -0.39 is 0 Å². The van der Waals surface area contributed by atoms with E-state index in [0.717, 1.165) is 31.6 Å². The van der Waals surface area contributed by atoms with E-state index in [1.165, 1.54) is 0 Å². The molecule has 4 aromatic rings. The summed E-state index contributed by atoms with van der Waals surface area (Å²) in [7, 11) is 0. The molecule has 0 spiro atoms. The van der Waals surface area contributed by atoms with E-state index in [0.29, 0.717) is 27.1 Å². The Labute approximate surface area is 221 Å². The lowest BCUT2D eigenvalue weighted by molar-refractivity contribution is -0.113. The number of carbonyl (C=O) groups is 1. The van der Waals surface area contributed by atoms with Crippen molar-refractivity contribution in [1.82, 2.24) is 0 Å². The van der Waals surface area contributed by atoms with Crippen LogP contribution in [0, 0.1) is 10.5 Å². The summed E-state index contributed by atoms with van der Waals surface area (Å²) in [6, 6.07) is 25.0. The van der Waals surface area contributed by atoms with Crippen LogP contribution in [-0.4, -0.2) is 5.91 Å². The zero-order valence-electron chi connectivity index (χ0n) is 18.1. The highest BCUT2D eigenvalue weighted by Crippen LogP contribution is 2.38. The molecule has 168 valence electrons. The smallest absolute Gasteiger partial charge is 0.263 e. The first-order valence-corrected chi connectivity index (χ1v) is 12.4. The minimum atomic E-state index is -0.101. The van der Waals surface area contributed by atoms with Crippen LogP contribution in [0.15, 0.2) is 94.9 Å². The monoisotopic (exact) mass is 597 g/mol. The Hall–Kier alpha value is -2.80. The summed E-state index contributed by atoms with van der Waals surface area (Å²) in [6.07, 6.45) is 3.69. The average Bonchev–Trinajstić information content (AvgIpc) is 3.42. The molecule has 3 nitrogen and oxygen atoms in total. The van der Waals surface area contributed by atoms with Gasteiger partial charge in [0.05, 0.1) is 21.4 Å². The Balaban J connectivity index is 1.55. The molecule has 0 aliphatic carbocycles. The number of carbonyl (C=O) groups excluding carboxylic acids is 1. The van der Waals surface area contributed by atoms with Gasteiger partial charge in [0.15, 0.2) is 0 Å². The Morgan fingerprint density at radius 2 is 1.68 bits per heavy atom. The molecule has 0 radical (unpaired) electrons. The van der Waals surface area contributed by atoms with E-state index in [-0.39, 0.29) is 5.91 Å². The Morgan fingerprint density at radius 3 is 2.41 bits per heavy atom. The van der Waals surface area contributed by atoms with Gasteiger partial charge in [-0.25, -0.2) is 0 Å². The van der Waals surface area contributed by atoms with Crippen LogP contribution in [0.1, 0.15) is 16.9 Å². The number of furan rings is 1. The van der Waals surface area contributed by atoms with Crippen molar-refractivity contribution in [2.75, 3.05) is 4.90 Å². The second-order valence-corrected chi connectivity index (χ2v) is 9.96. The minimum absolute atomic E-state index is 0.101. The third kappa shape index (κ3) is 4.45. The lowest BCUT2D eigenvalue weighted by atomic mass is 10.1. The number of halogens is 3. The zero-order chi connectivity index (χ0) is 23.8. The van der Waals surface area contributed by atoms with Crippen LogP contribution in [0.25, 0.3) is 23.1 Å². The maximum Gasteiger partial charge on any atom is 0.263 e. The molecule has 34 heavy (non-hydrogen) atoms. The molecule has 0 unspecified atom stereocenters. The fraction of sp³-hybridized carbons (Fsp3) is 0.0357. The van der Waals surface area contributed by atoms with Crippen molar-refractivity contribution in [3.8, 4) is 11.3 Å².